The smallest absolute Gasteiger partial charge is 0.419 e. The van der Waals surface area contributed by atoms with E-state index in [-0.39, 0.29) is 50.3 Å². The number of quaternary nitrogens is 1. The van der Waals surface area contributed by atoms with Gasteiger partial charge in [0.2, 0.25) is 24.0 Å². The maximum absolute atomic E-state index is 14.5. The Morgan fingerprint density at radius 3 is 1.84 bits per heavy atom. The molecule has 0 unspecified atom stereocenters. The second-order valence-corrected chi connectivity index (χ2v) is 19.1. The number of carboxylic acids is 5. The number of hydrogen-bond acceptors (Lipinski definition) is 15. The second-order valence-electron chi connectivity index (χ2n) is 19.1. The fourth-order valence-electron chi connectivity index (χ4n) is 7.95. The first-order valence-electron chi connectivity index (χ1n) is 25.2. The molecule has 3 rings (SSSR count). The number of nitrogens with two attached hydrogens (primary N) is 2. The molecule has 0 radical (unpaired) electrons. The van der Waals surface area contributed by atoms with Crippen LogP contribution in [0.5, 0.6) is 5.75 Å². The summed E-state index contributed by atoms with van der Waals surface area (Å²) in [6.45, 7) is 9.85. The van der Waals surface area contributed by atoms with Crippen LogP contribution in [0.15, 0.2) is 30.7 Å². The minimum Gasteiger partial charge on any atom is -0.550 e. The normalized spacial score (nSPS) is 15.3. The van der Waals surface area contributed by atoms with Crippen molar-refractivity contribution < 1.29 is 112 Å². The summed E-state index contributed by atoms with van der Waals surface area (Å²) in [7, 11) is 0. The Labute approximate surface area is 458 Å². The molecule has 1 aliphatic heterocycles. The van der Waals surface area contributed by atoms with Crippen LogP contribution in [0.2, 0.25) is 0 Å². The molecule has 1 aromatic heterocycles. The third kappa shape index (κ3) is 27.9. The van der Waals surface area contributed by atoms with Gasteiger partial charge in [0.05, 0.1) is 24.2 Å². The molecule has 0 saturated carbocycles. The third-order valence-corrected chi connectivity index (χ3v) is 12.1. The quantitative estimate of drug-likeness (QED) is 0.0225. The van der Waals surface area contributed by atoms with Crippen molar-refractivity contribution in [3.8, 4) is 5.75 Å². The van der Waals surface area contributed by atoms with E-state index < -0.39 is 162 Å². The number of benzene rings is 1. The van der Waals surface area contributed by atoms with Crippen LogP contribution in [-0.4, -0.2) is 140 Å². The topological polar surface area (TPSA) is 481 Å². The van der Waals surface area contributed by atoms with Crippen LogP contribution in [0.3, 0.4) is 0 Å². The lowest BCUT2D eigenvalue weighted by Crippen LogP contribution is -2.78. The number of Topliss-reactive ketones (excluding diaryl/α,β-unsaturated/α-hetero) is 2. The van der Waals surface area contributed by atoms with Crippen LogP contribution >= 0.6 is 0 Å². The number of amides is 4. The number of hydrogen-bond donors (Lipinski definition) is 11. The van der Waals surface area contributed by atoms with E-state index in [0.717, 1.165) is 32.9 Å². The van der Waals surface area contributed by atoms with Crippen LogP contribution in [0, 0.1) is 23.7 Å². The molecule has 2 aromatic rings. The molecule has 1 saturated heterocycles. The average molecular weight is 1140 g/mol. The molecule has 16 N–H and O–H groups in total. The Morgan fingerprint density at radius 2 is 1.35 bits per heavy atom. The lowest BCUT2D eigenvalue weighted by atomic mass is 9.83. The minimum absolute atomic E-state index is 0.00623. The highest BCUT2D eigenvalue weighted by Crippen LogP contribution is 2.36. The van der Waals surface area contributed by atoms with Gasteiger partial charge in [0.25, 0.3) is 5.91 Å². The molecule has 1 aliphatic rings. The van der Waals surface area contributed by atoms with E-state index in [4.69, 9.17) is 41.2 Å². The van der Waals surface area contributed by atoms with Crippen molar-refractivity contribution in [2.24, 2.45) is 35.1 Å². The Hall–Kier alpha value is -8.18. The summed E-state index contributed by atoms with van der Waals surface area (Å²) in [5.74, 6) is -15.1. The highest BCUT2D eigenvalue weighted by Gasteiger charge is 2.41. The van der Waals surface area contributed by atoms with Crippen LogP contribution in [0.1, 0.15) is 117 Å². The number of aliphatic carboxylic acids is 5. The fraction of sp³-hybridized carbons (Fsp3) is 0.580. The van der Waals surface area contributed by atoms with Gasteiger partial charge in [0, 0.05) is 55.6 Å². The number of halogens is 3. The molecule has 80 heavy (non-hydrogen) atoms. The number of phenolic OH excluding ortho intramolecular Hbond substituents is 1. The summed E-state index contributed by atoms with van der Waals surface area (Å²) in [5, 5.41) is 63.5. The number of imidazole rings is 1. The van der Waals surface area contributed by atoms with E-state index in [9.17, 15) is 66.8 Å². The van der Waals surface area contributed by atoms with Gasteiger partial charge in [-0.05, 0) is 82.4 Å². The van der Waals surface area contributed by atoms with Crippen molar-refractivity contribution in [2.75, 3.05) is 13.1 Å². The average Bonchev–Trinajstić information content (AvgIpc) is 4.05. The molecular formula is C50H75F3N10O17. The number of likely N-dealkylation sites (tertiary alicyclic amines) is 1. The van der Waals surface area contributed by atoms with E-state index in [1.165, 1.54) is 11.2 Å². The van der Waals surface area contributed by atoms with Gasteiger partial charge in [-0.2, -0.15) is 13.2 Å². The number of nitrogens with one attached hydrogen (secondary N) is 6. The number of guanidine groups is 1. The summed E-state index contributed by atoms with van der Waals surface area (Å²) in [4.78, 5) is 143. The van der Waals surface area contributed by atoms with E-state index in [1.54, 1.807) is 33.9 Å². The number of carboxylic acid groups (broad SMARTS) is 5. The van der Waals surface area contributed by atoms with Gasteiger partial charge in [-0.25, -0.2) is 9.78 Å². The highest BCUT2D eigenvalue weighted by molar-refractivity contribution is 5.97. The summed E-state index contributed by atoms with van der Waals surface area (Å²) < 4.78 is 41.9. The van der Waals surface area contributed by atoms with Gasteiger partial charge in [-0.3, -0.25) is 55.0 Å². The number of rotatable bonds is 27. The van der Waals surface area contributed by atoms with E-state index in [0.29, 0.717) is 24.6 Å². The molecule has 27 nitrogen and oxygen atoms in total. The molecule has 4 amide bonds. The first-order chi connectivity index (χ1) is 37.0. The molecule has 0 aliphatic carbocycles. The second kappa shape index (κ2) is 35.4. The van der Waals surface area contributed by atoms with Crippen LogP contribution in [0.25, 0.3) is 0 Å². The van der Waals surface area contributed by atoms with E-state index >= 15 is 0 Å². The third-order valence-electron chi connectivity index (χ3n) is 12.1. The van der Waals surface area contributed by atoms with Crippen LogP contribution in [0.4, 0.5) is 13.2 Å². The summed E-state index contributed by atoms with van der Waals surface area (Å²) in [6, 6.07) is -3.99. The van der Waals surface area contributed by atoms with Crippen LogP contribution < -0.4 is 58.4 Å². The highest BCUT2D eigenvalue weighted by atomic mass is 19.3. The summed E-state index contributed by atoms with van der Waals surface area (Å²) >= 11 is 0. The summed E-state index contributed by atoms with van der Waals surface area (Å²) in [6.07, 6.45) is -3.19. The molecule has 1 fully saturated rings. The van der Waals surface area contributed by atoms with Gasteiger partial charge in [-0.15, -0.1) is 0 Å². The summed E-state index contributed by atoms with van der Waals surface area (Å²) in [5.41, 5.74) is 13.4. The number of H-pyrrole nitrogens is 2. The van der Waals surface area contributed by atoms with Crippen molar-refractivity contribution in [1.29, 1.82) is 0 Å². The zero-order valence-corrected chi connectivity index (χ0v) is 45.6. The molecule has 30 heteroatoms. The monoisotopic (exact) mass is 1140 g/mol. The van der Waals surface area contributed by atoms with Gasteiger partial charge < -0.3 is 71.6 Å². The van der Waals surface area contributed by atoms with Crippen molar-refractivity contribution in [1.82, 2.24) is 25.8 Å². The van der Waals surface area contributed by atoms with Crippen molar-refractivity contribution >= 4 is 71.0 Å². The number of ketones is 2. The first kappa shape index (κ1) is 71.8. The fourth-order valence-corrected chi connectivity index (χ4v) is 7.95. The molecule has 448 valence electrons. The lowest BCUT2D eigenvalue weighted by molar-refractivity contribution is -0.459. The number of nitrogens with zero attached hydrogens (tertiary/aromatic N) is 1. The van der Waals surface area contributed by atoms with Crippen molar-refractivity contribution in [3.05, 3.63) is 47.5 Å². The number of aromatic nitrogens is 2. The molecule has 1 aromatic carbocycles. The Bertz CT molecular complexity index is 2410. The van der Waals surface area contributed by atoms with Crippen molar-refractivity contribution in [3.63, 3.8) is 0 Å². The largest absolute Gasteiger partial charge is 0.550 e. The lowest BCUT2D eigenvalue weighted by Gasteiger charge is -2.30. The maximum Gasteiger partial charge on any atom is 0.419 e. The predicted octanol–water partition coefficient (Wildman–Crippen LogP) is -5.79. The zero-order valence-electron chi connectivity index (χ0n) is 45.6. The zero-order chi connectivity index (χ0) is 61.8. The molecule has 0 bridgehead atoms. The van der Waals surface area contributed by atoms with Crippen LogP contribution in [-0.2, 0) is 71.8 Å². The van der Waals surface area contributed by atoms with Gasteiger partial charge in [0.1, 0.15) is 36.1 Å². The number of aromatic amines is 2. The Balaban J connectivity index is 0.00000470. The minimum atomic E-state index is -5.00. The molecular weight excluding hydrogens is 1070 g/mol. The Kier molecular flexibility index (Phi) is 31.7. The standard InChI is InChI=1S/C44H63F3N10O11.3C2H4O2/c1-5-23(4)27(39(64)56-32(16-25-20-51-21-53-25)41(66)57-13-7-9-33(57)42(67)68)18-36(60)31(15-24-10-11-34(58)28(14-24)44(45,46)47)55-38(63)26(22(2)3)17-35(59)30(8-6-12-52-43(49)50)54-40(65)29(48)19-37(61)62;3*1-2(3)4/h10-11,14,20-23,26-27,29-33,58H,5-9,12-13,15-19,48H2,1-4H3,(H,51,53)(H,54,65)(H,55,63)(H,56,64)(H,61,62)(H,67,68)(H4,49,50,52);3*1H3,(H,3,4)/t23-,26-,27-,29-,30-,31-,32-,33-;;;/m0.../s1/i45-1;;;. The van der Waals surface area contributed by atoms with Gasteiger partial charge >= 0.3 is 24.1 Å². The molecule has 0 spiro atoms. The number of carbonyl (C=O) groups excluding carboxylic acids is 9. The molecule has 2 heterocycles. The number of phenols is 1. The SMILES string of the molecule is CC(=O)[O-].CC(=O)[O-].CC(=O)[O-].CC[C@H](C)[C@H](CC(=O)[C@H](Cc1ccc(O)c(C(F)(F)[18F])c1)NC(=O)[C@@H](CC(=O)[C@H](CCC[NH+]=C(N)N)NC(=O)[C@@H]([NH3+])CC(=O)O)C(C)C)C(=O)N[C@@H](Cc1c[nH+]c[nH]1)C(=O)N1CCC[C@H]1C(=O)O. The van der Waals surface area contributed by atoms with Gasteiger partial charge in [-0.1, -0.05) is 40.2 Å². The predicted molar refractivity (Wildman–Crippen MR) is 266 cm³/mol. The van der Waals surface area contributed by atoms with Crippen molar-refractivity contribution in [2.45, 2.75) is 149 Å². The first-order valence-corrected chi connectivity index (χ1v) is 25.2. The van der Waals surface area contributed by atoms with Gasteiger partial charge in [0.15, 0.2) is 17.6 Å². The Morgan fingerprint density at radius 1 is 0.825 bits per heavy atom. The number of aromatic hydroxyl groups is 1. The number of alkyl halides is 3. The van der Waals surface area contributed by atoms with E-state index in [2.05, 4.69) is 36.6 Å². The number of carbonyl (C=O) groups is 11. The van der Waals surface area contributed by atoms with E-state index in [1.807, 2.05) is 0 Å². The molecule has 8 atom stereocenters. The maximum atomic E-state index is 14.5.